The van der Waals surface area contributed by atoms with E-state index in [1.54, 1.807) is 0 Å². The number of carbonyl (C=O) groups excluding carboxylic acids is 2. The number of ether oxygens (including phenoxy) is 4. The summed E-state index contributed by atoms with van der Waals surface area (Å²) in [6.45, 7) is 12.3. The molecule has 0 aliphatic carbocycles. The van der Waals surface area contributed by atoms with Crippen molar-refractivity contribution in [3.63, 3.8) is 0 Å². The highest BCUT2D eigenvalue weighted by Gasteiger charge is 2.33. The molecule has 1 aliphatic rings. The van der Waals surface area contributed by atoms with E-state index >= 15 is 0 Å². The Morgan fingerprint density at radius 2 is 1.36 bits per heavy atom. The van der Waals surface area contributed by atoms with Crippen molar-refractivity contribution in [2.24, 2.45) is 11.8 Å². The quantitative estimate of drug-likeness (QED) is 0.341. The smallest absolute Gasteiger partial charge is 0.309 e. The maximum absolute atomic E-state index is 11.9. The molecule has 1 saturated heterocycles. The minimum Gasteiger partial charge on any atom is -0.463 e. The fourth-order valence-corrected chi connectivity index (χ4v) is 3.64. The van der Waals surface area contributed by atoms with Crippen LogP contribution < -0.4 is 0 Å². The first-order chi connectivity index (χ1) is 15.6. The van der Waals surface area contributed by atoms with Crippen LogP contribution in [0.4, 0.5) is 0 Å². The van der Waals surface area contributed by atoms with Gasteiger partial charge in [-0.15, -0.1) is 0 Å². The van der Waals surface area contributed by atoms with Crippen LogP contribution >= 0.6 is 0 Å². The second-order valence-corrected chi connectivity index (χ2v) is 9.10. The van der Waals surface area contributed by atoms with Gasteiger partial charge in [0.15, 0.2) is 5.79 Å². The minimum absolute atomic E-state index is 0.0373. The second-order valence-electron chi connectivity index (χ2n) is 9.10. The van der Waals surface area contributed by atoms with Crippen LogP contribution in [0.25, 0.3) is 0 Å². The first-order valence-electron chi connectivity index (χ1n) is 12.6. The third kappa shape index (κ3) is 14.6. The summed E-state index contributed by atoms with van der Waals surface area (Å²) in [6.07, 6.45) is 6.27. The molecule has 1 aliphatic heterocycles. The normalized spacial score (nSPS) is 18.1. The van der Waals surface area contributed by atoms with Crippen LogP contribution in [0.3, 0.4) is 0 Å². The zero-order valence-electron chi connectivity index (χ0n) is 21.6. The Morgan fingerprint density at radius 1 is 0.909 bits per heavy atom. The SMILES string of the molecule is CCCC(CCC)C(=O)OCC(O)CO.CCCC(CCC)C(=O)OCC1COC(C)(C)O1. The molecule has 0 aromatic heterocycles. The van der Waals surface area contributed by atoms with Crippen LogP contribution in [-0.4, -0.2) is 66.6 Å². The predicted octanol–water partition coefficient (Wildman–Crippen LogP) is 4.00. The lowest BCUT2D eigenvalue weighted by atomic mass is 9.99. The number of esters is 2. The molecule has 0 amide bonds. The Hall–Kier alpha value is -1.22. The van der Waals surface area contributed by atoms with E-state index < -0.39 is 11.9 Å². The van der Waals surface area contributed by atoms with Crippen LogP contribution in [0.2, 0.25) is 0 Å². The van der Waals surface area contributed by atoms with Crippen molar-refractivity contribution in [2.45, 2.75) is 111 Å². The van der Waals surface area contributed by atoms with Crippen LogP contribution in [0, 0.1) is 11.8 Å². The van der Waals surface area contributed by atoms with E-state index in [2.05, 4.69) is 13.8 Å². The highest BCUT2D eigenvalue weighted by atomic mass is 16.7. The van der Waals surface area contributed by atoms with Gasteiger partial charge in [0, 0.05) is 0 Å². The largest absolute Gasteiger partial charge is 0.463 e. The van der Waals surface area contributed by atoms with E-state index in [1.807, 2.05) is 27.7 Å². The monoisotopic (exact) mass is 476 g/mol. The standard InChI is InChI=1S/C14H26O4.C11H22O4/c1-5-7-11(8-6-2)13(15)16-9-12-10-17-14(3,4)18-12;1-3-5-9(6-4-2)11(14)15-8-10(13)7-12/h11-12H,5-10H2,1-4H3;9-10,12-13H,3-8H2,1-2H3. The number of hydrogen-bond donors (Lipinski definition) is 2. The Bertz CT molecular complexity index is 511. The molecule has 8 nitrogen and oxygen atoms in total. The molecule has 1 heterocycles. The van der Waals surface area contributed by atoms with Crippen molar-refractivity contribution >= 4 is 11.9 Å². The molecule has 2 atom stereocenters. The van der Waals surface area contributed by atoms with Crippen molar-refractivity contribution in [1.82, 2.24) is 0 Å². The third-order valence-corrected chi connectivity index (χ3v) is 5.32. The van der Waals surface area contributed by atoms with E-state index in [1.165, 1.54) is 0 Å². The van der Waals surface area contributed by atoms with Crippen molar-refractivity contribution in [1.29, 1.82) is 0 Å². The predicted molar refractivity (Wildman–Crippen MR) is 127 cm³/mol. The summed E-state index contributed by atoms with van der Waals surface area (Å²) in [5.41, 5.74) is 0. The van der Waals surface area contributed by atoms with Gasteiger partial charge in [0.05, 0.1) is 25.0 Å². The van der Waals surface area contributed by atoms with Gasteiger partial charge in [-0.1, -0.05) is 53.4 Å². The van der Waals surface area contributed by atoms with E-state index in [-0.39, 0.29) is 43.1 Å². The van der Waals surface area contributed by atoms with Crippen molar-refractivity contribution in [3.8, 4) is 0 Å². The second kappa shape index (κ2) is 18.2. The molecule has 0 radical (unpaired) electrons. The van der Waals surface area contributed by atoms with E-state index in [4.69, 9.17) is 29.2 Å². The Morgan fingerprint density at radius 3 is 1.73 bits per heavy atom. The van der Waals surface area contributed by atoms with Crippen LogP contribution in [0.1, 0.15) is 92.9 Å². The van der Waals surface area contributed by atoms with Crippen LogP contribution in [0.15, 0.2) is 0 Å². The van der Waals surface area contributed by atoms with E-state index in [9.17, 15) is 9.59 Å². The number of carbonyl (C=O) groups is 2. The van der Waals surface area contributed by atoms with Crippen molar-refractivity contribution in [2.75, 3.05) is 26.4 Å². The highest BCUT2D eigenvalue weighted by Crippen LogP contribution is 2.23. The van der Waals surface area contributed by atoms with E-state index in [0.717, 1.165) is 51.4 Å². The summed E-state index contributed by atoms with van der Waals surface area (Å²) in [6, 6.07) is 0. The lowest BCUT2D eigenvalue weighted by Crippen LogP contribution is -2.27. The van der Waals surface area contributed by atoms with Gasteiger partial charge >= 0.3 is 11.9 Å². The van der Waals surface area contributed by atoms with Gasteiger partial charge in [-0.25, -0.2) is 0 Å². The molecule has 0 spiro atoms. The lowest BCUT2D eigenvalue weighted by Gasteiger charge is -2.18. The Labute approximate surface area is 200 Å². The van der Waals surface area contributed by atoms with Gasteiger partial charge in [0.1, 0.15) is 25.4 Å². The highest BCUT2D eigenvalue weighted by molar-refractivity contribution is 5.72. The van der Waals surface area contributed by atoms with Crippen molar-refractivity contribution < 1.29 is 38.7 Å². The number of rotatable bonds is 15. The maximum Gasteiger partial charge on any atom is 0.309 e. The van der Waals surface area contributed by atoms with Gasteiger partial charge in [-0.05, 0) is 39.5 Å². The summed E-state index contributed by atoms with van der Waals surface area (Å²) >= 11 is 0. The molecule has 2 unspecified atom stereocenters. The fraction of sp³-hybridized carbons (Fsp3) is 0.920. The van der Waals surface area contributed by atoms with Crippen molar-refractivity contribution in [3.05, 3.63) is 0 Å². The Kier molecular flexibility index (Phi) is 17.5. The Balaban J connectivity index is 0.000000633. The molecule has 33 heavy (non-hydrogen) atoms. The van der Waals surface area contributed by atoms with Gasteiger partial charge in [0.25, 0.3) is 0 Å². The molecule has 2 N–H and O–H groups in total. The average Bonchev–Trinajstić information content (AvgIpc) is 3.14. The molecule has 0 bridgehead atoms. The molecule has 0 aromatic carbocycles. The summed E-state index contributed by atoms with van der Waals surface area (Å²) in [4.78, 5) is 23.5. The summed E-state index contributed by atoms with van der Waals surface area (Å²) < 4.78 is 21.3. The molecule has 1 rings (SSSR count). The summed E-state index contributed by atoms with van der Waals surface area (Å²) in [7, 11) is 0. The fourth-order valence-electron chi connectivity index (χ4n) is 3.64. The maximum atomic E-state index is 11.9. The number of hydrogen-bond acceptors (Lipinski definition) is 8. The molecule has 8 heteroatoms. The van der Waals surface area contributed by atoms with Gasteiger partial charge in [-0.3, -0.25) is 9.59 Å². The molecular weight excluding hydrogens is 428 g/mol. The summed E-state index contributed by atoms with van der Waals surface area (Å²) in [5.74, 6) is -0.928. The summed E-state index contributed by atoms with van der Waals surface area (Å²) in [5, 5.41) is 17.6. The first kappa shape index (κ1) is 31.8. The molecule has 1 fully saturated rings. The molecular formula is C25H48O8. The number of aliphatic hydroxyl groups excluding tert-OH is 2. The molecule has 196 valence electrons. The molecule has 0 saturated carbocycles. The number of aliphatic hydroxyl groups is 2. The zero-order valence-corrected chi connectivity index (χ0v) is 21.6. The van der Waals surface area contributed by atoms with Gasteiger partial charge < -0.3 is 29.2 Å². The van der Waals surface area contributed by atoms with E-state index in [0.29, 0.717) is 13.2 Å². The third-order valence-electron chi connectivity index (χ3n) is 5.32. The van der Waals surface area contributed by atoms with Crippen LogP contribution in [-0.2, 0) is 28.5 Å². The topological polar surface area (TPSA) is 112 Å². The lowest BCUT2D eigenvalue weighted by molar-refractivity contribution is -0.161. The average molecular weight is 477 g/mol. The molecule has 0 aromatic rings. The van der Waals surface area contributed by atoms with Gasteiger partial charge in [-0.2, -0.15) is 0 Å². The van der Waals surface area contributed by atoms with Gasteiger partial charge in [0.2, 0.25) is 0 Å². The first-order valence-corrected chi connectivity index (χ1v) is 12.6. The zero-order chi connectivity index (χ0) is 25.3. The minimum atomic E-state index is -0.960. The van der Waals surface area contributed by atoms with Crippen LogP contribution in [0.5, 0.6) is 0 Å².